The SMILES string of the molecule is COCCCN1C(=O)N(CC(=O)CCC2CC(O)C2)CC12CCC(c1ccccc1)(N(C)C)CC2. The molecule has 2 aliphatic carbocycles. The van der Waals surface area contributed by atoms with Gasteiger partial charge in [0.1, 0.15) is 0 Å². The van der Waals surface area contributed by atoms with Crippen LogP contribution in [0.4, 0.5) is 4.79 Å². The Kier molecular flexibility index (Phi) is 8.19. The van der Waals surface area contributed by atoms with Crippen LogP contribution < -0.4 is 0 Å². The average Bonchev–Trinajstić information content (AvgIpc) is 3.07. The molecule has 1 spiro atoms. The summed E-state index contributed by atoms with van der Waals surface area (Å²) < 4.78 is 5.27. The van der Waals surface area contributed by atoms with E-state index in [0.29, 0.717) is 32.0 Å². The maximum Gasteiger partial charge on any atom is 0.321 e. The molecule has 7 nitrogen and oxygen atoms in total. The fourth-order valence-corrected chi connectivity index (χ4v) is 6.60. The van der Waals surface area contributed by atoms with Gasteiger partial charge in [-0.05, 0) is 76.9 Å². The Morgan fingerprint density at radius 1 is 1.14 bits per heavy atom. The lowest BCUT2D eigenvalue weighted by molar-refractivity contribution is -0.120. The zero-order chi connectivity index (χ0) is 25.1. The summed E-state index contributed by atoms with van der Waals surface area (Å²) in [6.45, 7) is 2.12. The minimum atomic E-state index is -0.225. The molecule has 3 fully saturated rings. The highest BCUT2D eigenvalue weighted by Crippen LogP contribution is 2.49. The Balaban J connectivity index is 1.45. The summed E-state index contributed by atoms with van der Waals surface area (Å²) in [6, 6.07) is 10.7. The molecular weight excluding hydrogens is 442 g/mol. The maximum atomic E-state index is 13.5. The van der Waals surface area contributed by atoms with Gasteiger partial charge in [-0.1, -0.05) is 30.3 Å². The average molecular weight is 486 g/mol. The number of urea groups is 1. The normalized spacial score (nSPS) is 30.8. The van der Waals surface area contributed by atoms with Gasteiger partial charge in [-0.2, -0.15) is 0 Å². The molecule has 0 atom stereocenters. The number of methoxy groups -OCH3 is 1. The van der Waals surface area contributed by atoms with Crippen molar-refractivity contribution < 1.29 is 19.4 Å². The highest BCUT2D eigenvalue weighted by atomic mass is 16.5. The van der Waals surface area contributed by atoms with E-state index in [-0.39, 0.29) is 35.5 Å². The predicted octanol–water partition coefficient (Wildman–Crippen LogP) is 3.65. The first-order valence-electron chi connectivity index (χ1n) is 13.3. The van der Waals surface area contributed by atoms with Crippen molar-refractivity contribution in [2.45, 2.75) is 75.0 Å². The number of amides is 2. The molecule has 4 rings (SSSR count). The minimum absolute atomic E-state index is 0.00517. The van der Waals surface area contributed by atoms with Crippen LogP contribution in [0.3, 0.4) is 0 Å². The van der Waals surface area contributed by atoms with Crippen molar-refractivity contribution in [3.8, 4) is 0 Å². The van der Waals surface area contributed by atoms with E-state index in [1.165, 1.54) is 5.56 Å². The number of carbonyl (C=O) groups is 2. The van der Waals surface area contributed by atoms with E-state index in [4.69, 9.17) is 4.74 Å². The summed E-state index contributed by atoms with van der Waals surface area (Å²) in [5, 5.41) is 9.50. The third kappa shape index (κ3) is 5.42. The van der Waals surface area contributed by atoms with Crippen LogP contribution in [0, 0.1) is 5.92 Å². The van der Waals surface area contributed by atoms with Gasteiger partial charge in [0.25, 0.3) is 0 Å². The number of hydrogen-bond acceptors (Lipinski definition) is 5. The predicted molar refractivity (Wildman–Crippen MR) is 136 cm³/mol. The zero-order valence-electron chi connectivity index (χ0n) is 21.7. The second-order valence-corrected chi connectivity index (χ2v) is 11.2. The van der Waals surface area contributed by atoms with Crippen molar-refractivity contribution in [2.24, 2.45) is 5.92 Å². The molecule has 1 saturated heterocycles. The lowest BCUT2D eigenvalue weighted by Gasteiger charge is -2.51. The van der Waals surface area contributed by atoms with Gasteiger partial charge in [0.2, 0.25) is 0 Å². The maximum absolute atomic E-state index is 13.5. The van der Waals surface area contributed by atoms with Crippen LogP contribution in [0.15, 0.2) is 30.3 Å². The number of benzene rings is 1. The number of ether oxygens (including phenoxy) is 1. The van der Waals surface area contributed by atoms with E-state index in [2.05, 4.69) is 54.2 Å². The summed E-state index contributed by atoms with van der Waals surface area (Å²) in [5.74, 6) is 0.590. The number of ketones is 1. The molecule has 1 aliphatic heterocycles. The van der Waals surface area contributed by atoms with Gasteiger partial charge in [0, 0.05) is 38.8 Å². The van der Waals surface area contributed by atoms with Crippen molar-refractivity contribution in [1.82, 2.24) is 14.7 Å². The fraction of sp³-hybridized carbons (Fsp3) is 0.714. The molecule has 35 heavy (non-hydrogen) atoms. The van der Waals surface area contributed by atoms with E-state index in [1.54, 1.807) is 12.0 Å². The summed E-state index contributed by atoms with van der Waals surface area (Å²) in [5.41, 5.74) is 1.07. The molecule has 0 radical (unpaired) electrons. The van der Waals surface area contributed by atoms with Crippen molar-refractivity contribution >= 4 is 11.8 Å². The number of aliphatic hydroxyl groups excluding tert-OH is 1. The zero-order valence-corrected chi connectivity index (χ0v) is 21.7. The van der Waals surface area contributed by atoms with Crippen molar-refractivity contribution in [1.29, 1.82) is 0 Å². The van der Waals surface area contributed by atoms with E-state index < -0.39 is 0 Å². The van der Waals surface area contributed by atoms with Gasteiger partial charge in [0.15, 0.2) is 5.78 Å². The molecule has 1 aromatic rings. The Labute approximate surface area is 210 Å². The van der Waals surface area contributed by atoms with Gasteiger partial charge in [-0.15, -0.1) is 0 Å². The Bertz CT molecular complexity index is 860. The monoisotopic (exact) mass is 485 g/mol. The first-order chi connectivity index (χ1) is 16.8. The molecular formula is C28H43N3O4. The van der Waals surface area contributed by atoms with Gasteiger partial charge < -0.3 is 19.6 Å². The van der Waals surface area contributed by atoms with Crippen molar-refractivity contribution in [3.63, 3.8) is 0 Å². The molecule has 0 bridgehead atoms. The number of rotatable bonds is 11. The minimum Gasteiger partial charge on any atom is -0.393 e. The second kappa shape index (κ2) is 11.0. The molecule has 3 aliphatic rings. The molecule has 1 heterocycles. The molecule has 0 aromatic heterocycles. The van der Waals surface area contributed by atoms with Gasteiger partial charge in [0.05, 0.1) is 18.2 Å². The summed E-state index contributed by atoms with van der Waals surface area (Å²) in [6.07, 6.45) is 7.34. The molecule has 2 saturated carbocycles. The molecule has 0 unspecified atom stereocenters. The second-order valence-electron chi connectivity index (χ2n) is 11.2. The first-order valence-corrected chi connectivity index (χ1v) is 13.3. The van der Waals surface area contributed by atoms with Crippen LogP contribution in [0.2, 0.25) is 0 Å². The van der Waals surface area contributed by atoms with E-state index >= 15 is 0 Å². The van der Waals surface area contributed by atoms with Crippen molar-refractivity contribution in [2.75, 3.05) is 47.4 Å². The summed E-state index contributed by atoms with van der Waals surface area (Å²) in [4.78, 5) is 32.5. The van der Waals surface area contributed by atoms with E-state index in [0.717, 1.165) is 51.4 Å². The van der Waals surface area contributed by atoms with Gasteiger partial charge >= 0.3 is 6.03 Å². The Morgan fingerprint density at radius 3 is 2.43 bits per heavy atom. The van der Waals surface area contributed by atoms with Crippen LogP contribution in [0.1, 0.15) is 63.4 Å². The highest BCUT2D eigenvalue weighted by Gasteiger charge is 2.54. The largest absolute Gasteiger partial charge is 0.393 e. The van der Waals surface area contributed by atoms with Crippen molar-refractivity contribution in [3.05, 3.63) is 35.9 Å². The van der Waals surface area contributed by atoms with Crippen LogP contribution in [0.25, 0.3) is 0 Å². The van der Waals surface area contributed by atoms with Gasteiger partial charge in [-0.3, -0.25) is 9.69 Å². The lowest BCUT2D eigenvalue weighted by atomic mass is 9.68. The standard InChI is InChI=1S/C28H43N3O4/c1-29(2)28(23-8-5-4-6-9-23)14-12-27(13-15-28)21-30(26(34)31(27)16-7-17-35-3)20-24(32)11-10-22-18-25(33)19-22/h4-6,8-9,22,25,33H,7,10-21H2,1-3H3. The highest BCUT2D eigenvalue weighted by molar-refractivity contribution is 5.87. The third-order valence-electron chi connectivity index (χ3n) is 8.87. The summed E-state index contributed by atoms with van der Waals surface area (Å²) in [7, 11) is 6.01. The molecule has 194 valence electrons. The molecule has 1 N–H and O–H groups in total. The smallest absolute Gasteiger partial charge is 0.321 e. The lowest BCUT2D eigenvalue weighted by Crippen LogP contribution is -2.55. The van der Waals surface area contributed by atoms with E-state index in [1.807, 2.05) is 0 Å². The number of carbonyl (C=O) groups excluding carboxylic acids is 2. The van der Waals surface area contributed by atoms with E-state index in [9.17, 15) is 14.7 Å². The number of Topliss-reactive ketones (excluding diaryl/α,β-unsaturated/α-hetero) is 1. The number of hydrogen-bond donors (Lipinski definition) is 1. The quantitative estimate of drug-likeness (QED) is 0.485. The first kappa shape index (κ1) is 26.1. The fourth-order valence-electron chi connectivity index (χ4n) is 6.60. The van der Waals surface area contributed by atoms with Crippen LogP contribution >= 0.6 is 0 Å². The molecule has 1 aromatic carbocycles. The third-order valence-corrected chi connectivity index (χ3v) is 8.87. The topological polar surface area (TPSA) is 73.3 Å². The number of aliphatic hydroxyl groups is 1. The molecule has 7 heteroatoms. The summed E-state index contributed by atoms with van der Waals surface area (Å²) >= 11 is 0. The van der Waals surface area contributed by atoms with Gasteiger partial charge in [-0.25, -0.2) is 4.79 Å². The molecule has 2 amide bonds. The van der Waals surface area contributed by atoms with Crippen LogP contribution in [0.5, 0.6) is 0 Å². The Hall–Kier alpha value is -1.96. The Morgan fingerprint density at radius 2 is 1.83 bits per heavy atom. The van der Waals surface area contributed by atoms with Crippen LogP contribution in [-0.2, 0) is 15.1 Å². The van der Waals surface area contributed by atoms with Crippen LogP contribution in [-0.4, -0.2) is 90.7 Å². The number of nitrogens with zero attached hydrogens (tertiary/aromatic N) is 3.